The summed E-state index contributed by atoms with van der Waals surface area (Å²) in [5, 5.41) is 14.4. The van der Waals surface area contributed by atoms with Crippen LogP contribution in [-0.2, 0) is 6.54 Å². The van der Waals surface area contributed by atoms with E-state index >= 15 is 0 Å². The van der Waals surface area contributed by atoms with Gasteiger partial charge in [0.05, 0.1) is 6.54 Å². The Bertz CT molecular complexity index is 1290. The summed E-state index contributed by atoms with van der Waals surface area (Å²) in [4.78, 5) is 9.23. The molecule has 0 aliphatic heterocycles. The van der Waals surface area contributed by atoms with E-state index in [1.165, 1.54) is 5.56 Å². The summed E-state index contributed by atoms with van der Waals surface area (Å²) in [6, 6.07) is 18.6. The first-order valence-corrected chi connectivity index (χ1v) is 9.41. The number of nitrogens with one attached hydrogen (secondary N) is 1. The molecule has 0 saturated carbocycles. The first kappa shape index (κ1) is 17.2. The molecule has 7 nitrogen and oxygen atoms in total. The van der Waals surface area contributed by atoms with Crippen LogP contribution in [0, 0.1) is 13.8 Å². The van der Waals surface area contributed by atoms with Crippen molar-refractivity contribution in [2.75, 3.05) is 0 Å². The summed E-state index contributed by atoms with van der Waals surface area (Å²) >= 11 is 0. The Morgan fingerprint density at radius 1 is 0.931 bits per heavy atom. The molecule has 7 heteroatoms. The lowest BCUT2D eigenvalue weighted by Crippen LogP contribution is -2.03. The second-order valence-corrected chi connectivity index (χ2v) is 7.02. The fourth-order valence-electron chi connectivity index (χ4n) is 3.61. The molecular formula is C22H19N7. The summed E-state index contributed by atoms with van der Waals surface area (Å²) in [5.41, 5.74) is 7.36. The molecule has 5 rings (SSSR count). The third-order valence-corrected chi connectivity index (χ3v) is 5.15. The van der Waals surface area contributed by atoms with Gasteiger partial charge in [0, 0.05) is 11.8 Å². The average Bonchev–Trinajstić information content (AvgIpc) is 3.39. The molecule has 1 N–H and O–H groups in total. The number of fused-ring (bicyclic) bond motifs is 1. The predicted molar refractivity (Wildman–Crippen MR) is 111 cm³/mol. The predicted octanol–water partition coefficient (Wildman–Crippen LogP) is 3.94. The topological polar surface area (TPSA) is 85.2 Å². The van der Waals surface area contributed by atoms with Gasteiger partial charge in [0.15, 0.2) is 5.65 Å². The molecule has 29 heavy (non-hydrogen) atoms. The minimum atomic E-state index is 0.589. The van der Waals surface area contributed by atoms with Crippen molar-refractivity contribution in [3.05, 3.63) is 77.7 Å². The fraction of sp³-hybridized carbons (Fsp3) is 0.136. The number of aromatic amines is 1. The number of hydrogen-bond acceptors (Lipinski definition) is 5. The lowest BCUT2D eigenvalue weighted by atomic mass is 9.98. The molecule has 0 aliphatic carbocycles. The van der Waals surface area contributed by atoms with Crippen LogP contribution in [0.25, 0.3) is 33.7 Å². The van der Waals surface area contributed by atoms with E-state index in [-0.39, 0.29) is 0 Å². The maximum absolute atomic E-state index is 4.69. The number of nitrogens with zero attached hydrogens (tertiary/aromatic N) is 6. The Kier molecular flexibility index (Phi) is 4.13. The van der Waals surface area contributed by atoms with Gasteiger partial charge in [-0.05, 0) is 47.4 Å². The number of benzene rings is 2. The molecule has 0 atom stereocenters. The minimum Gasteiger partial charge on any atom is -0.308 e. The fourth-order valence-corrected chi connectivity index (χ4v) is 3.61. The molecule has 0 saturated heterocycles. The highest BCUT2D eigenvalue weighted by atomic mass is 15.5. The normalized spacial score (nSPS) is 11.2. The second-order valence-electron chi connectivity index (χ2n) is 7.02. The summed E-state index contributed by atoms with van der Waals surface area (Å²) in [6.45, 7) is 4.82. The maximum atomic E-state index is 4.69. The quantitative estimate of drug-likeness (QED) is 0.510. The third kappa shape index (κ3) is 3.06. The van der Waals surface area contributed by atoms with Gasteiger partial charge in [0.1, 0.15) is 11.3 Å². The van der Waals surface area contributed by atoms with Crippen LogP contribution in [0.3, 0.4) is 0 Å². The van der Waals surface area contributed by atoms with Crippen molar-refractivity contribution < 1.29 is 0 Å². The standard InChI is InChI=1S/C22H19N7/c1-14-11-12-23-22-20(14)24-15(2)29(22)13-16-7-9-17(10-8-16)18-5-3-4-6-19(18)21-25-27-28-26-21/h3-12H,13H2,1-2H3,(H,25,26,27,28). The number of pyridine rings is 1. The van der Waals surface area contributed by atoms with Crippen molar-refractivity contribution in [1.82, 2.24) is 35.2 Å². The lowest BCUT2D eigenvalue weighted by molar-refractivity contribution is 0.777. The zero-order valence-corrected chi connectivity index (χ0v) is 16.2. The number of H-pyrrole nitrogens is 1. The van der Waals surface area contributed by atoms with E-state index in [0.29, 0.717) is 5.82 Å². The highest BCUT2D eigenvalue weighted by Crippen LogP contribution is 2.30. The Balaban J connectivity index is 1.49. The minimum absolute atomic E-state index is 0.589. The van der Waals surface area contributed by atoms with Crippen LogP contribution >= 0.6 is 0 Å². The Hall–Kier alpha value is -3.87. The van der Waals surface area contributed by atoms with Gasteiger partial charge in [-0.25, -0.2) is 9.97 Å². The molecule has 0 spiro atoms. The summed E-state index contributed by atoms with van der Waals surface area (Å²) < 4.78 is 2.16. The zero-order chi connectivity index (χ0) is 19.8. The first-order valence-electron chi connectivity index (χ1n) is 9.41. The SMILES string of the molecule is Cc1ccnc2c1nc(C)n2Cc1ccc(-c2ccccc2-c2nn[nH]n2)cc1. The van der Waals surface area contributed by atoms with Crippen molar-refractivity contribution in [3.8, 4) is 22.5 Å². The van der Waals surface area contributed by atoms with Gasteiger partial charge in [0.25, 0.3) is 0 Å². The molecular weight excluding hydrogens is 362 g/mol. The molecule has 142 valence electrons. The van der Waals surface area contributed by atoms with E-state index in [4.69, 9.17) is 4.98 Å². The van der Waals surface area contributed by atoms with E-state index in [1.54, 1.807) is 0 Å². The number of aryl methyl sites for hydroxylation is 2. The van der Waals surface area contributed by atoms with E-state index in [2.05, 4.69) is 67.4 Å². The van der Waals surface area contributed by atoms with Gasteiger partial charge in [-0.3, -0.25) is 0 Å². The molecule has 0 bridgehead atoms. The van der Waals surface area contributed by atoms with E-state index < -0.39 is 0 Å². The van der Waals surface area contributed by atoms with Gasteiger partial charge >= 0.3 is 0 Å². The third-order valence-electron chi connectivity index (χ3n) is 5.15. The molecule has 0 aliphatic rings. The van der Waals surface area contributed by atoms with Crippen molar-refractivity contribution in [2.24, 2.45) is 0 Å². The zero-order valence-electron chi connectivity index (χ0n) is 16.2. The van der Waals surface area contributed by atoms with Gasteiger partial charge in [-0.15, -0.1) is 10.2 Å². The van der Waals surface area contributed by atoms with Crippen LogP contribution in [0.5, 0.6) is 0 Å². The molecule has 0 unspecified atom stereocenters. The van der Waals surface area contributed by atoms with Crippen molar-refractivity contribution >= 4 is 11.2 Å². The summed E-state index contributed by atoms with van der Waals surface area (Å²) in [6.07, 6.45) is 1.84. The van der Waals surface area contributed by atoms with Crippen LogP contribution < -0.4 is 0 Å². The number of hydrogen-bond donors (Lipinski definition) is 1. The van der Waals surface area contributed by atoms with Crippen LogP contribution in [0.15, 0.2) is 60.8 Å². The molecule has 3 heterocycles. The first-order chi connectivity index (χ1) is 14.2. The van der Waals surface area contributed by atoms with E-state index in [1.807, 2.05) is 37.4 Å². The van der Waals surface area contributed by atoms with Crippen molar-refractivity contribution in [1.29, 1.82) is 0 Å². The Morgan fingerprint density at radius 3 is 2.48 bits per heavy atom. The van der Waals surface area contributed by atoms with Crippen LogP contribution in [0.4, 0.5) is 0 Å². The van der Waals surface area contributed by atoms with Gasteiger partial charge in [-0.2, -0.15) is 5.21 Å². The van der Waals surface area contributed by atoms with Gasteiger partial charge in [-0.1, -0.05) is 48.5 Å². The van der Waals surface area contributed by atoms with Gasteiger partial charge in [0.2, 0.25) is 5.82 Å². The van der Waals surface area contributed by atoms with Crippen LogP contribution in [0.2, 0.25) is 0 Å². The summed E-state index contributed by atoms with van der Waals surface area (Å²) in [5.74, 6) is 1.56. The Labute approximate surface area is 167 Å². The van der Waals surface area contributed by atoms with E-state index in [0.717, 1.165) is 45.8 Å². The van der Waals surface area contributed by atoms with Crippen LogP contribution in [-0.4, -0.2) is 35.2 Å². The maximum Gasteiger partial charge on any atom is 0.205 e. The number of aromatic nitrogens is 7. The molecule has 2 aromatic carbocycles. The van der Waals surface area contributed by atoms with Crippen molar-refractivity contribution in [3.63, 3.8) is 0 Å². The highest BCUT2D eigenvalue weighted by molar-refractivity contribution is 5.80. The van der Waals surface area contributed by atoms with Crippen molar-refractivity contribution in [2.45, 2.75) is 20.4 Å². The molecule has 3 aromatic heterocycles. The Morgan fingerprint density at radius 2 is 1.72 bits per heavy atom. The molecule has 0 fully saturated rings. The molecule has 0 radical (unpaired) electrons. The van der Waals surface area contributed by atoms with Gasteiger partial charge < -0.3 is 4.57 Å². The second kappa shape index (κ2) is 6.94. The monoisotopic (exact) mass is 381 g/mol. The lowest BCUT2D eigenvalue weighted by Gasteiger charge is -2.10. The number of imidazole rings is 1. The van der Waals surface area contributed by atoms with Crippen LogP contribution in [0.1, 0.15) is 17.0 Å². The largest absolute Gasteiger partial charge is 0.308 e. The average molecular weight is 381 g/mol. The summed E-state index contributed by atoms with van der Waals surface area (Å²) in [7, 11) is 0. The smallest absolute Gasteiger partial charge is 0.205 e. The molecule has 0 amide bonds. The molecule has 5 aromatic rings. The number of tetrazole rings is 1. The van der Waals surface area contributed by atoms with E-state index in [9.17, 15) is 0 Å². The number of rotatable bonds is 4. The highest BCUT2D eigenvalue weighted by Gasteiger charge is 2.12.